The Balaban J connectivity index is 1.50. The van der Waals surface area contributed by atoms with Crippen LogP contribution in [0.15, 0.2) is 93.8 Å². The summed E-state index contributed by atoms with van der Waals surface area (Å²) in [7, 11) is 0. The predicted molar refractivity (Wildman–Crippen MR) is 123 cm³/mol. The lowest BCUT2D eigenvalue weighted by atomic mass is 10.0. The summed E-state index contributed by atoms with van der Waals surface area (Å²) in [5.74, 6) is 0. The van der Waals surface area contributed by atoms with Crippen LogP contribution in [0.25, 0.3) is 55.4 Å². The summed E-state index contributed by atoms with van der Waals surface area (Å²) in [6.45, 7) is 0. The molecule has 0 bridgehead atoms. The highest BCUT2D eigenvalue weighted by atomic mass is 16.4. The van der Waals surface area contributed by atoms with Crippen LogP contribution in [0, 0.1) is 0 Å². The number of nitrogens with two attached hydrogens (primary N) is 2. The van der Waals surface area contributed by atoms with E-state index < -0.39 is 0 Å². The topological polar surface area (TPSA) is 78.3 Å². The van der Waals surface area contributed by atoms with E-state index in [2.05, 4.69) is 12.1 Å². The quantitative estimate of drug-likeness (QED) is 0.318. The van der Waals surface area contributed by atoms with Gasteiger partial charge in [-0.2, -0.15) is 0 Å². The number of hydrogen-bond donors (Lipinski definition) is 2. The molecule has 6 aromatic rings. The maximum absolute atomic E-state index is 6.22. The number of rotatable bonds is 2. The monoisotopic (exact) mass is 390 g/mol. The van der Waals surface area contributed by atoms with Crippen molar-refractivity contribution in [2.45, 2.75) is 0 Å². The molecule has 4 aromatic carbocycles. The van der Waals surface area contributed by atoms with Crippen molar-refractivity contribution >= 4 is 44.5 Å². The zero-order valence-electron chi connectivity index (χ0n) is 16.1. The van der Waals surface area contributed by atoms with Crippen molar-refractivity contribution in [3.63, 3.8) is 0 Å². The van der Waals surface area contributed by atoms with Gasteiger partial charge in [0.25, 0.3) is 0 Å². The zero-order valence-corrected chi connectivity index (χ0v) is 16.1. The molecule has 2 aromatic heterocycles. The second-order valence-electron chi connectivity index (χ2n) is 7.54. The number of anilines is 2. The smallest absolute Gasteiger partial charge is 0.181 e. The van der Waals surface area contributed by atoms with Crippen molar-refractivity contribution in [3.8, 4) is 22.3 Å². The minimum absolute atomic E-state index is 0.739. The van der Waals surface area contributed by atoms with Gasteiger partial charge in [-0.25, -0.2) is 0 Å². The van der Waals surface area contributed by atoms with Crippen molar-refractivity contribution in [2.75, 3.05) is 11.5 Å². The summed E-state index contributed by atoms with van der Waals surface area (Å²) < 4.78 is 12.4. The maximum Gasteiger partial charge on any atom is 0.181 e. The second-order valence-corrected chi connectivity index (χ2v) is 7.54. The standard InChI is InChI=1S/C26H18N2O2/c27-19-5-1-3-15(11-19)17-7-9-21-23(13-17)29-26-22-10-8-18(14-24(22)30-25(21)26)16-4-2-6-20(28)12-16/h1-14H,27-28H2. The largest absolute Gasteiger partial charge is 0.452 e. The zero-order chi connectivity index (χ0) is 20.2. The van der Waals surface area contributed by atoms with E-state index in [-0.39, 0.29) is 0 Å². The first-order chi connectivity index (χ1) is 14.7. The Morgan fingerprint density at radius 3 is 1.33 bits per heavy atom. The van der Waals surface area contributed by atoms with Gasteiger partial charge in [-0.05, 0) is 70.8 Å². The fourth-order valence-corrected chi connectivity index (χ4v) is 4.05. The first-order valence-electron chi connectivity index (χ1n) is 9.76. The Morgan fingerprint density at radius 2 is 0.900 bits per heavy atom. The Kier molecular flexibility index (Phi) is 3.44. The van der Waals surface area contributed by atoms with E-state index in [4.69, 9.17) is 20.3 Å². The highest BCUT2D eigenvalue weighted by molar-refractivity contribution is 6.13. The van der Waals surface area contributed by atoms with Crippen LogP contribution in [0.1, 0.15) is 0 Å². The molecular weight excluding hydrogens is 372 g/mol. The second kappa shape index (κ2) is 6.16. The summed E-state index contributed by atoms with van der Waals surface area (Å²) in [5.41, 5.74) is 20.7. The Morgan fingerprint density at radius 1 is 0.467 bits per heavy atom. The third kappa shape index (κ3) is 2.54. The Hall–Kier alpha value is -4.18. The molecule has 0 radical (unpaired) electrons. The molecule has 4 nitrogen and oxygen atoms in total. The SMILES string of the molecule is Nc1cccc(-c2ccc3c(c2)oc2c4ccc(-c5cccc(N)c5)cc4oc32)c1. The van der Waals surface area contributed by atoms with Gasteiger partial charge in [0.1, 0.15) is 11.2 Å². The molecule has 0 saturated heterocycles. The van der Waals surface area contributed by atoms with E-state index >= 15 is 0 Å². The first kappa shape index (κ1) is 16.7. The predicted octanol–water partition coefficient (Wildman–Crippen LogP) is 6.83. The molecule has 0 aliphatic rings. The molecule has 0 amide bonds. The van der Waals surface area contributed by atoms with Crippen LogP contribution in [-0.2, 0) is 0 Å². The van der Waals surface area contributed by atoms with Crippen molar-refractivity contribution in [1.82, 2.24) is 0 Å². The average molecular weight is 390 g/mol. The number of benzene rings is 4. The van der Waals surface area contributed by atoms with Gasteiger partial charge in [-0.15, -0.1) is 0 Å². The van der Waals surface area contributed by atoms with Crippen LogP contribution in [0.5, 0.6) is 0 Å². The van der Waals surface area contributed by atoms with Gasteiger partial charge in [-0.1, -0.05) is 36.4 Å². The molecule has 0 saturated carbocycles. The number of nitrogen functional groups attached to an aromatic ring is 2. The lowest BCUT2D eigenvalue weighted by Crippen LogP contribution is -1.85. The van der Waals surface area contributed by atoms with E-state index in [9.17, 15) is 0 Å². The fraction of sp³-hybridized carbons (Fsp3) is 0. The summed E-state index contributed by atoms with van der Waals surface area (Å²) in [4.78, 5) is 0. The molecule has 6 rings (SSSR count). The number of hydrogen-bond acceptors (Lipinski definition) is 4. The number of furan rings is 2. The van der Waals surface area contributed by atoms with Gasteiger partial charge in [0.15, 0.2) is 11.2 Å². The lowest BCUT2D eigenvalue weighted by Gasteiger charge is -2.03. The Labute approximate surface area is 172 Å². The van der Waals surface area contributed by atoms with E-state index in [1.54, 1.807) is 0 Å². The minimum Gasteiger partial charge on any atom is -0.452 e. The van der Waals surface area contributed by atoms with E-state index in [1.165, 1.54) is 0 Å². The third-order valence-electron chi connectivity index (χ3n) is 5.52. The average Bonchev–Trinajstić information content (AvgIpc) is 3.28. The van der Waals surface area contributed by atoms with Crippen molar-refractivity contribution in [1.29, 1.82) is 0 Å². The maximum atomic E-state index is 6.22. The lowest BCUT2D eigenvalue weighted by molar-refractivity contribution is 0.653. The molecule has 0 unspecified atom stereocenters. The van der Waals surface area contributed by atoms with E-state index in [0.717, 1.165) is 66.7 Å². The van der Waals surface area contributed by atoms with Crippen LogP contribution in [-0.4, -0.2) is 0 Å². The molecule has 144 valence electrons. The summed E-state index contributed by atoms with van der Waals surface area (Å²) in [6.07, 6.45) is 0. The normalized spacial score (nSPS) is 11.6. The van der Waals surface area contributed by atoms with Gasteiger partial charge < -0.3 is 20.3 Å². The molecule has 0 atom stereocenters. The van der Waals surface area contributed by atoms with Crippen LogP contribution in [0.3, 0.4) is 0 Å². The van der Waals surface area contributed by atoms with Crippen molar-refractivity contribution in [2.24, 2.45) is 0 Å². The number of fused-ring (bicyclic) bond motifs is 5. The van der Waals surface area contributed by atoms with Crippen LogP contribution < -0.4 is 11.5 Å². The molecule has 2 heterocycles. The molecule has 0 fully saturated rings. The first-order valence-corrected chi connectivity index (χ1v) is 9.76. The highest BCUT2D eigenvalue weighted by Gasteiger charge is 2.17. The highest BCUT2D eigenvalue weighted by Crippen LogP contribution is 2.39. The summed E-state index contributed by atoms with van der Waals surface area (Å²) in [6, 6.07) is 28.0. The van der Waals surface area contributed by atoms with Gasteiger partial charge in [-0.3, -0.25) is 0 Å². The van der Waals surface area contributed by atoms with Crippen molar-refractivity contribution in [3.05, 3.63) is 84.9 Å². The molecule has 0 aliphatic carbocycles. The molecule has 30 heavy (non-hydrogen) atoms. The Bertz CT molecular complexity index is 1450. The van der Waals surface area contributed by atoms with Crippen LogP contribution in [0.4, 0.5) is 11.4 Å². The molecule has 0 aliphatic heterocycles. The third-order valence-corrected chi connectivity index (χ3v) is 5.52. The minimum atomic E-state index is 0.739. The van der Waals surface area contributed by atoms with Gasteiger partial charge >= 0.3 is 0 Å². The van der Waals surface area contributed by atoms with Crippen LogP contribution in [0.2, 0.25) is 0 Å². The summed E-state index contributed by atoms with van der Waals surface area (Å²) >= 11 is 0. The van der Waals surface area contributed by atoms with Crippen LogP contribution >= 0.6 is 0 Å². The van der Waals surface area contributed by atoms with Crippen molar-refractivity contribution < 1.29 is 8.83 Å². The van der Waals surface area contributed by atoms with Gasteiger partial charge in [0.05, 0.1) is 10.8 Å². The molecule has 0 spiro atoms. The molecular formula is C26H18N2O2. The van der Waals surface area contributed by atoms with Gasteiger partial charge in [0, 0.05) is 11.4 Å². The molecule has 4 N–H and O–H groups in total. The summed E-state index contributed by atoms with van der Waals surface area (Å²) in [5, 5.41) is 1.92. The van der Waals surface area contributed by atoms with E-state index in [1.807, 2.05) is 72.8 Å². The fourth-order valence-electron chi connectivity index (χ4n) is 4.05. The van der Waals surface area contributed by atoms with E-state index in [0.29, 0.717) is 0 Å². The van der Waals surface area contributed by atoms with Gasteiger partial charge in [0.2, 0.25) is 0 Å². The molecule has 4 heteroatoms.